The van der Waals surface area contributed by atoms with Crippen LogP contribution in [-0.4, -0.2) is 25.0 Å². The van der Waals surface area contributed by atoms with E-state index < -0.39 is 11.9 Å². The molecule has 31 heavy (non-hydrogen) atoms. The highest BCUT2D eigenvalue weighted by molar-refractivity contribution is 14.1. The zero-order valence-corrected chi connectivity index (χ0v) is 19.3. The van der Waals surface area contributed by atoms with Crippen LogP contribution in [0.5, 0.6) is 5.75 Å². The summed E-state index contributed by atoms with van der Waals surface area (Å²) in [6.45, 7) is 4.02. The molecular weight excluding hydrogens is 505 g/mol. The van der Waals surface area contributed by atoms with Gasteiger partial charge in [-0.1, -0.05) is 36.3 Å². The number of ketones is 1. The second kappa shape index (κ2) is 8.60. The molecule has 1 N–H and O–H groups in total. The molecule has 0 fully saturated rings. The molecule has 0 spiro atoms. The minimum atomic E-state index is -0.551. The van der Waals surface area contributed by atoms with E-state index in [-0.39, 0.29) is 19.0 Å². The molecule has 4 rings (SSSR count). The molecule has 0 aromatic heterocycles. The van der Waals surface area contributed by atoms with Crippen LogP contribution in [0.25, 0.3) is 5.70 Å². The number of nitrogens with one attached hydrogen (secondary N) is 1. The number of ether oxygens (including phenoxy) is 2. The van der Waals surface area contributed by atoms with E-state index in [1.807, 2.05) is 49.4 Å². The summed E-state index contributed by atoms with van der Waals surface area (Å²) < 4.78 is 11.8. The van der Waals surface area contributed by atoms with Gasteiger partial charge in [0.1, 0.15) is 12.4 Å². The third-order valence-corrected chi connectivity index (χ3v) is 6.19. The molecule has 2 aromatic rings. The van der Waals surface area contributed by atoms with Crippen LogP contribution in [-0.2, 0) is 9.53 Å². The van der Waals surface area contributed by atoms with E-state index in [0.717, 1.165) is 20.4 Å². The molecular formula is C25H20INO4. The first-order chi connectivity index (χ1) is 15.0. The van der Waals surface area contributed by atoms with Crippen molar-refractivity contribution >= 4 is 40.0 Å². The molecule has 0 saturated heterocycles. The standard InChI is InChI=1S/C25H20INO4/c1-4-12-31-19-11-10-15(13-18(19)26)21-20(25(29)30-5-2)14(3)27-23-16-8-6-7-9-17(16)24(28)22(21)23/h1,6-11,13,21,27H,5,12H2,2-3H3/t21-/m0/s1. The van der Waals surface area contributed by atoms with Crippen molar-refractivity contribution in [1.29, 1.82) is 0 Å². The molecule has 2 aromatic carbocycles. The smallest absolute Gasteiger partial charge is 0.336 e. The Morgan fingerprint density at radius 3 is 2.65 bits per heavy atom. The third kappa shape index (κ3) is 3.63. The SMILES string of the molecule is C#CCOc1ccc([C@H]2C(C(=O)OCC)=C(C)NC3=C2C(=O)c2ccccc23)cc1I. The minimum absolute atomic E-state index is 0.0833. The molecule has 5 nitrogen and oxygen atoms in total. The number of benzene rings is 2. The van der Waals surface area contributed by atoms with E-state index in [1.54, 1.807) is 6.92 Å². The van der Waals surface area contributed by atoms with Crippen molar-refractivity contribution in [3.63, 3.8) is 0 Å². The lowest BCUT2D eigenvalue weighted by Gasteiger charge is -2.29. The van der Waals surface area contributed by atoms with Gasteiger partial charge in [0.15, 0.2) is 5.78 Å². The molecule has 1 aliphatic carbocycles. The average molecular weight is 525 g/mol. The van der Waals surface area contributed by atoms with E-state index in [4.69, 9.17) is 15.9 Å². The van der Waals surface area contributed by atoms with Crippen LogP contribution < -0.4 is 10.1 Å². The molecule has 0 bridgehead atoms. The number of dihydropyridines is 1. The van der Waals surface area contributed by atoms with Crippen LogP contribution in [0.15, 0.2) is 59.3 Å². The predicted octanol–water partition coefficient (Wildman–Crippen LogP) is 4.43. The van der Waals surface area contributed by atoms with Crippen LogP contribution in [0.4, 0.5) is 0 Å². The van der Waals surface area contributed by atoms with Gasteiger partial charge in [0, 0.05) is 28.3 Å². The number of fused-ring (bicyclic) bond motifs is 2. The Hall–Kier alpha value is -3.05. The van der Waals surface area contributed by atoms with E-state index in [9.17, 15) is 9.59 Å². The minimum Gasteiger partial charge on any atom is -0.480 e. The Labute approximate surface area is 194 Å². The second-order valence-corrected chi connectivity index (χ2v) is 8.33. The van der Waals surface area contributed by atoms with Crippen LogP contribution in [0, 0.1) is 15.9 Å². The van der Waals surface area contributed by atoms with Gasteiger partial charge < -0.3 is 14.8 Å². The molecule has 2 aliphatic rings. The Balaban J connectivity index is 1.87. The molecule has 6 heteroatoms. The zero-order valence-electron chi connectivity index (χ0n) is 17.1. The molecule has 0 unspecified atom stereocenters. The van der Waals surface area contributed by atoms with Crippen LogP contribution in [0.1, 0.15) is 41.3 Å². The van der Waals surface area contributed by atoms with Gasteiger partial charge in [-0.05, 0) is 54.1 Å². The largest absolute Gasteiger partial charge is 0.480 e. The fourth-order valence-electron chi connectivity index (χ4n) is 4.07. The maximum absolute atomic E-state index is 13.4. The highest BCUT2D eigenvalue weighted by Crippen LogP contribution is 2.47. The predicted molar refractivity (Wildman–Crippen MR) is 126 cm³/mol. The highest BCUT2D eigenvalue weighted by atomic mass is 127. The van der Waals surface area contributed by atoms with Gasteiger partial charge in [0.2, 0.25) is 0 Å². The summed E-state index contributed by atoms with van der Waals surface area (Å²) in [5, 5.41) is 3.30. The second-order valence-electron chi connectivity index (χ2n) is 7.16. The number of carbonyl (C=O) groups excluding carboxylic acids is 2. The fraction of sp³-hybridized carbons (Fsp3) is 0.200. The van der Waals surface area contributed by atoms with Crippen molar-refractivity contribution < 1.29 is 19.1 Å². The number of Topliss-reactive ketones (excluding diaryl/α,β-unsaturated/α-hetero) is 1. The Bertz CT molecular complexity index is 1200. The lowest BCUT2D eigenvalue weighted by molar-refractivity contribution is -0.138. The Morgan fingerprint density at radius 1 is 1.23 bits per heavy atom. The number of carbonyl (C=O) groups is 2. The molecule has 0 amide bonds. The van der Waals surface area contributed by atoms with Crippen LogP contribution in [0.3, 0.4) is 0 Å². The first-order valence-corrected chi connectivity index (χ1v) is 10.9. The van der Waals surface area contributed by atoms with Gasteiger partial charge in [-0.3, -0.25) is 4.79 Å². The highest BCUT2D eigenvalue weighted by Gasteiger charge is 2.42. The van der Waals surface area contributed by atoms with E-state index >= 15 is 0 Å². The summed E-state index contributed by atoms with van der Waals surface area (Å²) in [6.07, 6.45) is 5.30. The topological polar surface area (TPSA) is 64.6 Å². The van der Waals surface area contributed by atoms with Crippen LogP contribution in [0.2, 0.25) is 0 Å². The number of allylic oxidation sites excluding steroid dienone is 2. The number of rotatable bonds is 5. The van der Waals surface area contributed by atoms with E-state index in [1.165, 1.54) is 0 Å². The summed E-state index contributed by atoms with van der Waals surface area (Å²) in [6, 6.07) is 13.1. The summed E-state index contributed by atoms with van der Waals surface area (Å²) in [5.41, 5.74) is 4.71. The monoisotopic (exact) mass is 525 g/mol. The van der Waals surface area contributed by atoms with Crippen molar-refractivity contribution in [2.75, 3.05) is 13.2 Å². The first-order valence-electron chi connectivity index (χ1n) is 9.86. The van der Waals surface area contributed by atoms with Gasteiger partial charge >= 0.3 is 5.97 Å². The maximum Gasteiger partial charge on any atom is 0.336 e. The van der Waals surface area contributed by atoms with Crippen LogP contribution >= 0.6 is 22.6 Å². The fourth-order valence-corrected chi connectivity index (χ4v) is 4.77. The normalized spacial score (nSPS) is 17.0. The number of terminal acetylenes is 1. The molecule has 1 heterocycles. The molecule has 0 saturated carbocycles. The number of halogens is 1. The first kappa shape index (κ1) is 21.2. The summed E-state index contributed by atoms with van der Waals surface area (Å²) in [5.74, 6) is 2.04. The summed E-state index contributed by atoms with van der Waals surface area (Å²) in [7, 11) is 0. The quantitative estimate of drug-likeness (QED) is 0.356. The van der Waals surface area contributed by atoms with Gasteiger partial charge in [-0.15, -0.1) is 6.42 Å². The lowest BCUT2D eigenvalue weighted by atomic mass is 9.80. The van der Waals surface area contributed by atoms with Crippen molar-refractivity contribution in [3.8, 4) is 18.1 Å². The van der Waals surface area contributed by atoms with Crippen molar-refractivity contribution in [1.82, 2.24) is 5.32 Å². The van der Waals surface area contributed by atoms with Gasteiger partial charge in [0.25, 0.3) is 0 Å². The van der Waals surface area contributed by atoms with Crippen molar-refractivity contribution in [2.24, 2.45) is 0 Å². The molecule has 156 valence electrons. The average Bonchev–Trinajstić information content (AvgIpc) is 3.04. The van der Waals surface area contributed by atoms with Crippen molar-refractivity contribution in [2.45, 2.75) is 19.8 Å². The van der Waals surface area contributed by atoms with Gasteiger partial charge in [0.05, 0.1) is 21.4 Å². The van der Waals surface area contributed by atoms with Gasteiger partial charge in [-0.2, -0.15) is 0 Å². The number of esters is 1. The van der Waals surface area contributed by atoms with E-state index in [0.29, 0.717) is 28.2 Å². The van der Waals surface area contributed by atoms with E-state index in [2.05, 4.69) is 33.8 Å². The lowest BCUT2D eigenvalue weighted by Crippen LogP contribution is -2.29. The summed E-state index contributed by atoms with van der Waals surface area (Å²) >= 11 is 2.17. The van der Waals surface area contributed by atoms with Crippen molar-refractivity contribution in [3.05, 3.63) is 79.6 Å². The molecule has 1 aliphatic heterocycles. The molecule has 0 radical (unpaired) electrons. The number of hydrogen-bond acceptors (Lipinski definition) is 5. The zero-order chi connectivity index (χ0) is 22.1. The van der Waals surface area contributed by atoms with Gasteiger partial charge in [-0.25, -0.2) is 4.79 Å². The third-order valence-electron chi connectivity index (χ3n) is 5.34. The maximum atomic E-state index is 13.4. The Kier molecular flexibility index (Phi) is 5.88. The summed E-state index contributed by atoms with van der Waals surface area (Å²) in [4.78, 5) is 26.4. The number of hydrogen-bond donors (Lipinski definition) is 1. The Morgan fingerprint density at radius 2 is 1.97 bits per heavy atom. The molecule has 1 atom stereocenters.